The number of fused-ring (bicyclic) bond motifs is 1. The van der Waals surface area contributed by atoms with E-state index in [2.05, 4.69) is 0 Å². The van der Waals surface area contributed by atoms with Crippen molar-refractivity contribution in [1.29, 1.82) is 0 Å². The van der Waals surface area contributed by atoms with Crippen LogP contribution < -0.4 is 0 Å². The number of carboxylic acids is 1. The minimum absolute atomic E-state index is 0.0399. The summed E-state index contributed by atoms with van der Waals surface area (Å²) in [6.07, 6.45) is 4.74. The predicted octanol–water partition coefficient (Wildman–Crippen LogP) is 3.77. The van der Waals surface area contributed by atoms with Gasteiger partial charge in [-0.25, -0.2) is 4.79 Å². The molecule has 1 heterocycles. The van der Waals surface area contributed by atoms with Gasteiger partial charge in [-0.3, -0.25) is 0 Å². The van der Waals surface area contributed by atoms with Gasteiger partial charge in [0, 0.05) is 11.3 Å². The maximum Gasteiger partial charge on any atom is 0.371 e. The molecule has 0 bridgehead atoms. The Kier molecular flexibility index (Phi) is 3.49. The number of rotatable bonds is 4. The zero-order chi connectivity index (χ0) is 12.3. The molecule has 0 aliphatic heterocycles. The summed E-state index contributed by atoms with van der Waals surface area (Å²) in [5.74, 6) is -0.504. The van der Waals surface area contributed by atoms with E-state index in [1.54, 1.807) is 6.07 Å². The number of allylic oxidation sites excluding steroid dienone is 1. The van der Waals surface area contributed by atoms with Gasteiger partial charge in [0.25, 0.3) is 0 Å². The van der Waals surface area contributed by atoms with Crippen LogP contribution in [0.5, 0.6) is 0 Å². The van der Waals surface area contributed by atoms with Crippen LogP contribution in [0.3, 0.4) is 0 Å². The molecule has 1 N–H and O–H groups in total. The summed E-state index contributed by atoms with van der Waals surface area (Å²) >= 11 is 5.57. The van der Waals surface area contributed by atoms with Crippen LogP contribution in [0.25, 0.3) is 17.0 Å². The molecule has 1 aromatic carbocycles. The van der Waals surface area contributed by atoms with E-state index in [1.807, 2.05) is 24.3 Å². The van der Waals surface area contributed by atoms with Crippen molar-refractivity contribution in [3.63, 3.8) is 0 Å². The van der Waals surface area contributed by atoms with Crippen molar-refractivity contribution in [2.45, 2.75) is 6.42 Å². The Hall–Kier alpha value is -1.74. The fourth-order valence-corrected chi connectivity index (χ4v) is 1.68. The fraction of sp³-hybridized carbons (Fsp3) is 0.154. The zero-order valence-corrected chi connectivity index (χ0v) is 9.78. The lowest BCUT2D eigenvalue weighted by atomic mass is 10.1. The van der Waals surface area contributed by atoms with E-state index < -0.39 is 5.97 Å². The van der Waals surface area contributed by atoms with Gasteiger partial charge < -0.3 is 9.52 Å². The van der Waals surface area contributed by atoms with Crippen molar-refractivity contribution in [2.75, 3.05) is 5.88 Å². The van der Waals surface area contributed by atoms with Crippen LogP contribution in [0.15, 0.2) is 34.8 Å². The van der Waals surface area contributed by atoms with E-state index in [1.165, 1.54) is 6.07 Å². The van der Waals surface area contributed by atoms with E-state index in [0.29, 0.717) is 11.5 Å². The second-order valence-electron chi connectivity index (χ2n) is 3.59. The van der Waals surface area contributed by atoms with Gasteiger partial charge in [-0.15, -0.1) is 11.6 Å². The van der Waals surface area contributed by atoms with Crippen LogP contribution >= 0.6 is 11.6 Å². The summed E-state index contributed by atoms with van der Waals surface area (Å²) in [4.78, 5) is 10.7. The van der Waals surface area contributed by atoms with E-state index in [-0.39, 0.29) is 5.76 Å². The van der Waals surface area contributed by atoms with Crippen LogP contribution in [-0.2, 0) is 0 Å². The Morgan fingerprint density at radius 1 is 1.41 bits per heavy atom. The summed E-state index contributed by atoms with van der Waals surface area (Å²) in [7, 11) is 0. The molecule has 0 aliphatic carbocycles. The number of carboxylic acid groups (broad SMARTS) is 1. The minimum Gasteiger partial charge on any atom is -0.475 e. The largest absolute Gasteiger partial charge is 0.475 e. The maximum atomic E-state index is 10.7. The topological polar surface area (TPSA) is 50.4 Å². The Morgan fingerprint density at radius 2 is 2.24 bits per heavy atom. The number of carbonyl (C=O) groups is 1. The molecule has 0 fully saturated rings. The number of halogens is 1. The molecule has 0 spiro atoms. The van der Waals surface area contributed by atoms with Gasteiger partial charge in [0.2, 0.25) is 5.76 Å². The van der Waals surface area contributed by atoms with E-state index >= 15 is 0 Å². The summed E-state index contributed by atoms with van der Waals surface area (Å²) in [6.45, 7) is 0. The first-order valence-electron chi connectivity index (χ1n) is 5.20. The molecule has 17 heavy (non-hydrogen) atoms. The average molecular weight is 251 g/mol. The fourth-order valence-electron chi connectivity index (χ4n) is 1.55. The molecule has 0 unspecified atom stereocenters. The number of furan rings is 1. The first-order valence-corrected chi connectivity index (χ1v) is 5.73. The average Bonchev–Trinajstić information content (AvgIpc) is 2.72. The summed E-state index contributed by atoms with van der Waals surface area (Å²) in [5.41, 5.74) is 1.58. The molecule has 88 valence electrons. The Labute approximate surface area is 103 Å². The van der Waals surface area contributed by atoms with Gasteiger partial charge in [0.1, 0.15) is 5.58 Å². The molecule has 0 saturated heterocycles. The van der Waals surface area contributed by atoms with E-state index in [4.69, 9.17) is 21.1 Å². The van der Waals surface area contributed by atoms with Gasteiger partial charge >= 0.3 is 5.97 Å². The van der Waals surface area contributed by atoms with Crippen LogP contribution in [0.2, 0.25) is 0 Å². The Bertz CT molecular complexity index is 569. The summed E-state index contributed by atoms with van der Waals surface area (Å²) in [5, 5.41) is 9.59. The van der Waals surface area contributed by atoms with E-state index in [0.717, 1.165) is 17.4 Å². The third kappa shape index (κ3) is 2.68. The molecule has 4 heteroatoms. The van der Waals surface area contributed by atoms with Crippen LogP contribution in [0.4, 0.5) is 0 Å². The van der Waals surface area contributed by atoms with Crippen molar-refractivity contribution in [3.05, 3.63) is 41.7 Å². The molecular weight excluding hydrogens is 240 g/mol. The van der Waals surface area contributed by atoms with E-state index in [9.17, 15) is 4.79 Å². The molecule has 2 aromatic rings. The number of aromatic carboxylic acids is 1. The minimum atomic E-state index is -1.06. The zero-order valence-electron chi connectivity index (χ0n) is 9.02. The molecule has 0 aliphatic rings. The smallest absolute Gasteiger partial charge is 0.371 e. The molecule has 1 aromatic heterocycles. The molecule has 0 radical (unpaired) electrons. The third-order valence-electron chi connectivity index (χ3n) is 2.34. The highest BCUT2D eigenvalue weighted by molar-refractivity contribution is 6.17. The first kappa shape index (κ1) is 11.7. The Morgan fingerprint density at radius 3 is 2.94 bits per heavy atom. The molecule has 2 rings (SSSR count). The quantitative estimate of drug-likeness (QED) is 0.841. The molecular formula is C13H11ClO3. The van der Waals surface area contributed by atoms with Crippen molar-refractivity contribution >= 4 is 34.6 Å². The Balaban J connectivity index is 2.33. The van der Waals surface area contributed by atoms with Crippen LogP contribution in [0, 0.1) is 0 Å². The summed E-state index contributed by atoms with van der Waals surface area (Å²) < 4.78 is 5.17. The molecule has 0 saturated carbocycles. The molecule has 0 atom stereocenters. The standard InChI is InChI=1S/C13H11ClO3/c14-6-2-1-3-9-4-5-11-10(7-9)8-12(17-11)13(15)16/h1,3-5,7-8H,2,6H2,(H,15,16). The van der Waals surface area contributed by atoms with Gasteiger partial charge in [0.05, 0.1) is 0 Å². The lowest BCUT2D eigenvalue weighted by Crippen LogP contribution is -1.91. The third-order valence-corrected chi connectivity index (χ3v) is 2.56. The highest BCUT2D eigenvalue weighted by Gasteiger charge is 2.09. The molecule has 0 amide bonds. The SMILES string of the molecule is O=C(O)c1cc2cc(C=CCCCl)ccc2o1. The molecule has 3 nitrogen and oxygen atoms in total. The highest BCUT2D eigenvalue weighted by Crippen LogP contribution is 2.21. The van der Waals surface area contributed by atoms with Gasteiger partial charge in [-0.05, 0) is 30.2 Å². The number of alkyl halides is 1. The summed E-state index contributed by atoms with van der Waals surface area (Å²) in [6, 6.07) is 7.05. The van der Waals surface area contributed by atoms with Crippen molar-refractivity contribution in [2.24, 2.45) is 0 Å². The monoisotopic (exact) mass is 250 g/mol. The lowest BCUT2D eigenvalue weighted by molar-refractivity contribution is 0.0665. The maximum absolute atomic E-state index is 10.7. The highest BCUT2D eigenvalue weighted by atomic mass is 35.5. The second kappa shape index (κ2) is 5.06. The van der Waals surface area contributed by atoms with Crippen molar-refractivity contribution in [1.82, 2.24) is 0 Å². The van der Waals surface area contributed by atoms with Crippen LogP contribution in [0.1, 0.15) is 22.5 Å². The lowest BCUT2D eigenvalue weighted by Gasteiger charge is -1.92. The number of hydrogen-bond acceptors (Lipinski definition) is 2. The van der Waals surface area contributed by atoms with Gasteiger partial charge in [-0.2, -0.15) is 0 Å². The number of hydrogen-bond donors (Lipinski definition) is 1. The first-order chi connectivity index (χ1) is 8.20. The number of benzene rings is 1. The second-order valence-corrected chi connectivity index (χ2v) is 3.97. The van der Waals surface area contributed by atoms with Crippen molar-refractivity contribution in [3.8, 4) is 0 Å². The van der Waals surface area contributed by atoms with Crippen LogP contribution in [-0.4, -0.2) is 17.0 Å². The van der Waals surface area contributed by atoms with Gasteiger partial charge in [-0.1, -0.05) is 18.2 Å². The van der Waals surface area contributed by atoms with Crippen molar-refractivity contribution < 1.29 is 14.3 Å². The van der Waals surface area contributed by atoms with Gasteiger partial charge in [0.15, 0.2) is 0 Å². The predicted molar refractivity (Wildman–Crippen MR) is 67.5 cm³/mol. The normalized spacial score (nSPS) is 11.4.